The van der Waals surface area contributed by atoms with Crippen LogP contribution >= 0.6 is 0 Å². The Morgan fingerprint density at radius 2 is 2.00 bits per heavy atom. The SMILES string of the molecule is CCCCC1(C(C)(C)C)CCCN1. The third kappa shape index (κ3) is 2.25. The van der Waals surface area contributed by atoms with Crippen molar-refractivity contribution in [2.75, 3.05) is 6.54 Å². The first-order valence-corrected chi connectivity index (χ1v) is 5.77. The lowest BCUT2D eigenvalue weighted by atomic mass is 9.70. The van der Waals surface area contributed by atoms with Gasteiger partial charge in [0.15, 0.2) is 0 Å². The van der Waals surface area contributed by atoms with E-state index in [-0.39, 0.29) is 0 Å². The van der Waals surface area contributed by atoms with Crippen molar-refractivity contribution in [2.24, 2.45) is 5.41 Å². The van der Waals surface area contributed by atoms with Crippen LogP contribution in [0.2, 0.25) is 0 Å². The number of hydrogen-bond acceptors (Lipinski definition) is 1. The smallest absolute Gasteiger partial charge is 0.0230 e. The zero-order valence-electron chi connectivity index (χ0n) is 9.74. The molecule has 1 fully saturated rings. The normalized spacial score (nSPS) is 29.5. The lowest BCUT2D eigenvalue weighted by Crippen LogP contribution is -2.50. The van der Waals surface area contributed by atoms with Gasteiger partial charge in [0, 0.05) is 5.54 Å². The molecular weight excluding hydrogens is 158 g/mol. The van der Waals surface area contributed by atoms with E-state index in [9.17, 15) is 0 Å². The maximum atomic E-state index is 3.74. The Morgan fingerprint density at radius 1 is 1.31 bits per heavy atom. The van der Waals surface area contributed by atoms with Crippen LogP contribution in [0, 0.1) is 5.41 Å². The molecule has 0 saturated carbocycles. The predicted octanol–water partition coefficient (Wildman–Crippen LogP) is 3.34. The summed E-state index contributed by atoms with van der Waals surface area (Å²) in [7, 11) is 0. The van der Waals surface area contributed by atoms with E-state index in [4.69, 9.17) is 0 Å². The van der Waals surface area contributed by atoms with Gasteiger partial charge in [0.1, 0.15) is 0 Å². The molecule has 1 nitrogen and oxygen atoms in total. The minimum absolute atomic E-state index is 0.415. The molecule has 1 aliphatic rings. The zero-order chi connectivity index (χ0) is 9.95. The minimum atomic E-state index is 0.415. The molecule has 1 N–H and O–H groups in total. The highest BCUT2D eigenvalue weighted by atomic mass is 15.0. The molecule has 0 aromatic rings. The number of hydrogen-bond donors (Lipinski definition) is 1. The highest BCUT2D eigenvalue weighted by Gasteiger charge is 2.42. The molecule has 1 atom stereocenters. The van der Waals surface area contributed by atoms with Crippen LogP contribution in [0.1, 0.15) is 59.8 Å². The number of unbranched alkanes of at least 4 members (excludes halogenated alkanes) is 1. The summed E-state index contributed by atoms with van der Waals surface area (Å²) in [5.74, 6) is 0. The molecule has 13 heavy (non-hydrogen) atoms. The van der Waals surface area contributed by atoms with Crippen molar-refractivity contribution in [2.45, 2.75) is 65.3 Å². The maximum absolute atomic E-state index is 3.74. The van der Waals surface area contributed by atoms with Gasteiger partial charge in [-0.15, -0.1) is 0 Å². The monoisotopic (exact) mass is 183 g/mol. The van der Waals surface area contributed by atoms with Gasteiger partial charge in [0.05, 0.1) is 0 Å². The Kier molecular flexibility index (Phi) is 3.39. The van der Waals surface area contributed by atoms with Gasteiger partial charge in [-0.2, -0.15) is 0 Å². The van der Waals surface area contributed by atoms with Gasteiger partial charge in [-0.1, -0.05) is 40.5 Å². The first-order chi connectivity index (χ1) is 6.02. The second-order valence-electron chi connectivity index (χ2n) is 5.47. The fourth-order valence-electron chi connectivity index (χ4n) is 2.51. The average molecular weight is 183 g/mol. The van der Waals surface area contributed by atoms with Crippen LogP contribution in [-0.4, -0.2) is 12.1 Å². The Hall–Kier alpha value is -0.0400. The minimum Gasteiger partial charge on any atom is -0.311 e. The van der Waals surface area contributed by atoms with Crippen molar-refractivity contribution < 1.29 is 0 Å². The molecule has 0 aliphatic carbocycles. The summed E-state index contributed by atoms with van der Waals surface area (Å²) in [5, 5.41) is 3.74. The molecule has 0 amide bonds. The van der Waals surface area contributed by atoms with Crippen LogP contribution in [0.15, 0.2) is 0 Å². The standard InChI is InChI=1S/C12H25N/c1-5-6-8-12(11(2,3)4)9-7-10-13-12/h13H,5-10H2,1-4H3. The molecule has 1 unspecified atom stereocenters. The van der Waals surface area contributed by atoms with E-state index in [1.165, 1.54) is 38.6 Å². The van der Waals surface area contributed by atoms with Crippen molar-refractivity contribution >= 4 is 0 Å². The quantitative estimate of drug-likeness (QED) is 0.707. The van der Waals surface area contributed by atoms with Gasteiger partial charge in [-0.3, -0.25) is 0 Å². The van der Waals surface area contributed by atoms with E-state index in [1.807, 2.05) is 0 Å². The second-order valence-corrected chi connectivity index (χ2v) is 5.47. The largest absolute Gasteiger partial charge is 0.311 e. The molecule has 0 bridgehead atoms. The fraction of sp³-hybridized carbons (Fsp3) is 1.00. The van der Waals surface area contributed by atoms with E-state index in [2.05, 4.69) is 33.0 Å². The van der Waals surface area contributed by atoms with E-state index in [0.717, 1.165) is 0 Å². The third-order valence-electron chi connectivity index (χ3n) is 3.64. The van der Waals surface area contributed by atoms with Crippen LogP contribution in [0.5, 0.6) is 0 Å². The molecule has 1 heterocycles. The van der Waals surface area contributed by atoms with Crippen LogP contribution < -0.4 is 5.32 Å². The third-order valence-corrected chi connectivity index (χ3v) is 3.64. The fourth-order valence-corrected chi connectivity index (χ4v) is 2.51. The van der Waals surface area contributed by atoms with Crippen molar-refractivity contribution in [3.05, 3.63) is 0 Å². The first kappa shape index (κ1) is 11.0. The van der Waals surface area contributed by atoms with Gasteiger partial charge in [-0.05, 0) is 31.2 Å². The highest BCUT2D eigenvalue weighted by molar-refractivity contribution is 5.01. The zero-order valence-corrected chi connectivity index (χ0v) is 9.74. The summed E-state index contributed by atoms with van der Waals surface area (Å²) in [6, 6.07) is 0. The Labute approximate surface area is 83.3 Å². The van der Waals surface area contributed by atoms with Gasteiger partial charge in [-0.25, -0.2) is 0 Å². The van der Waals surface area contributed by atoms with Crippen LogP contribution in [0.3, 0.4) is 0 Å². The Balaban J connectivity index is 2.64. The van der Waals surface area contributed by atoms with Crippen molar-refractivity contribution in [3.63, 3.8) is 0 Å². The first-order valence-electron chi connectivity index (χ1n) is 5.77. The van der Waals surface area contributed by atoms with Gasteiger partial charge < -0.3 is 5.32 Å². The molecular formula is C12H25N. The summed E-state index contributed by atoms with van der Waals surface area (Å²) in [5.41, 5.74) is 0.849. The van der Waals surface area contributed by atoms with Gasteiger partial charge in [0.2, 0.25) is 0 Å². The van der Waals surface area contributed by atoms with Crippen molar-refractivity contribution in [3.8, 4) is 0 Å². The number of rotatable bonds is 3. The molecule has 1 rings (SSSR count). The highest BCUT2D eigenvalue weighted by Crippen LogP contribution is 2.40. The molecule has 1 saturated heterocycles. The Bertz CT molecular complexity index is 149. The lowest BCUT2D eigenvalue weighted by Gasteiger charge is -2.42. The van der Waals surface area contributed by atoms with Crippen LogP contribution in [-0.2, 0) is 0 Å². The molecule has 1 aliphatic heterocycles. The number of nitrogens with one attached hydrogen (secondary N) is 1. The van der Waals surface area contributed by atoms with E-state index in [1.54, 1.807) is 0 Å². The second kappa shape index (κ2) is 4.00. The summed E-state index contributed by atoms with van der Waals surface area (Å²) in [6.45, 7) is 10.6. The topological polar surface area (TPSA) is 12.0 Å². The summed E-state index contributed by atoms with van der Waals surface area (Å²) >= 11 is 0. The maximum Gasteiger partial charge on any atom is 0.0230 e. The summed E-state index contributed by atoms with van der Waals surface area (Å²) in [6.07, 6.45) is 6.77. The Morgan fingerprint density at radius 3 is 2.38 bits per heavy atom. The average Bonchev–Trinajstić information content (AvgIpc) is 2.48. The predicted molar refractivity (Wildman–Crippen MR) is 58.9 cm³/mol. The van der Waals surface area contributed by atoms with E-state index < -0.39 is 0 Å². The summed E-state index contributed by atoms with van der Waals surface area (Å²) in [4.78, 5) is 0. The van der Waals surface area contributed by atoms with Crippen LogP contribution in [0.4, 0.5) is 0 Å². The summed E-state index contributed by atoms with van der Waals surface area (Å²) < 4.78 is 0. The molecule has 0 spiro atoms. The van der Waals surface area contributed by atoms with Crippen molar-refractivity contribution in [1.82, 2.24) is 5.32 Å². The molecule has 1 heteroatoms. The van der Waals surface area contributed by atoms with E-state index in [0.29, 0.717) is 11.0 Å². The molecule has 0 aromatic heterocycles. The van der Waals surface area contributed by atoms with Crippen molar-refractivity contribution in [1.29, 1.82) is 0 Å². The van der Waals surface area contributed by atoms with E-state index >= 15 is 0 Å². The van der Waals surface area contributed by atoms with Gasteiger partial charge >= 0.3 is 0 Å². The lowest BCUT2D eigenvalue weighted by molar-refractivity contribution is 0.144. The molecule has 0 aromatic carbocycles. The van der Waals surface area contributed by atoms with Crippen LogP contribution in [0.25, 0.3) is 0 Å². The molecule has 0 radical (unpaired) electrons. The molecule has 78 valence electrons. The van der Waals surface area contributed by atoms with Gasteiger partial charge in [0.25, 0.3) is 0 Å².